The highest BCUT2D eigenvalue weighted by Crippen LogP contribution is 2.10. The van der Waals surface area contributed by atoms with Crippen molar-refractivity contribution < 1.29 is 4.79 Å². The molecule has 1 rings (SSSR count). The van der Waals surface area contributed by atoms with Crippen molar-refractivity contribution in [2.24, 2.45) is 5.92 Å². The van der Waals surface area contributed by atoms with Crippen LogP contribution in [0.1, 0.15) is 6.42 Å². The molecule has 0 amide bonds. The highest BCUT2D eigenvalue weighted by atomic mass is 16.1. The molecule has 3 heteroatoms. The minimum atomic E-state index is -0.0949. The van der Waals surface area contributed by atoms with Crippen molar-refractivity contribution in [2.75, 3.05) is 6.54 Å². The van der Waals surface area contributed by atoms with Gasteiger partial charge in [0.15, 0.2) is 0 Å². The van der Waals surface area contributed by atoms with Crippen LogP contribution in [-0.4, -0.2) is 25.1 Å². The monoisotopic (exact) mass is 126 g/mol. The molecule has 1 aliphatic rings. The van der Waals surface area contributed by atoms with Crippen LogP contribution in [0.5, 0.6) is 0 Å². The van der Waals surface area contributed by atoms with Crippen molar-refractivity contribution in [3.63, 3.8) is 0 Å². The molecule has 1 fully saturated rings. The lowest BCUT2D eigenvalue weighted by Gasteiger charge is -2.04. The van der Waals surface area contributed by atoms with Gasteiger partial charge in [0, 0.05) is 12.1 Å². The Kier molecular flexibility index (Phi) is 1.95. The molecule has 0 radical (unpaired) electrons. The third kappa shape index (κ3) is 1.16. The number of rotatable bonds is 2. The van der Waals surface area contributed by atoms with E-state index in [0.29, 0.717) is 0 Å². The third-order valence-corrected chi connectivity index (χ3v) is 1.68. The van der Waals surface area contributed by atoms with Crippen LogP contribution in [0, 0.1) is 11.3 Å². The van der Waals surface area contributed by atoms with Crippen LogP contribution in [0.4, 0.5) is 0 Å². The maximum Gasteiger partial charge on any atom is 0.137 e. The molecule has 0 aromatic carbocycles. The van der Waals surface area contributed by atoms with Gasteiger partial charge >= 0.3 is 0 Å². The Morgan fingerprint density at radius 3 is 2.89 bits per heavy atom. The van der Waals surface area contributed by atoms with Gasteiger partial charge in [-0.2, -0.15) is 0 Å². The van der Waals surface area contributed by atoms with E-state index in [9.17, 15) is 4.79 Å². The first kappa shape index (κ1) is 6.42. The number of carbonyl (C=O) groups is 1. The topological polar surface area (TPSA) is 53.0 Å². The molecule has 1 unspecified atom stereocenters. The zero-order valence-corrected chi connectivity index (χ0v) is 5.13. The van der Waals surface area contributed by atoms with E-state index in [-0.39, 0.29) is 12.0 Å². The molecule has 0 spiro atoms. The second-order valence-electron chi connectivity index (χ2n) is 2.24. The van der Waals surface area contributed by atoms with E-state index >= 15 is 0 Å². The SMILES string of the molecule is N=CC1CCN[C@@H]1C=O. The zero-order valence-electron chi connectivity index (χ0n) is 5.13. The summed E-state index contributed by atoms with van der Waals surface area (Å²) < 4.78 is 0. The molecule has 0 bridgehead atoms. The van der Waals surface area contributed by atoms with Crippen molar-refractivity contribution in [3.8, 4) is 0 Å². The molecule has 2 atom stereocenters. The van der Waals surface area contributed by atoms with Gasteiger partial charge in [0.25, 0.3) is 0 Å². The summed E-state index contributed by atoms with van der Waals surface area (Å²) in [5, 5.41) is 9.90. The van der Waals surface area contributed by atoms with Crippen molar-refractivity contribution >= 4 is 12.5 Å². The van der Waals surface area contributed by atoms with Crippen LogP contribution in [0.25, 0.3) is 0 Å². The van der Waals surface area contributed by atoms with E-state index < -0.39 is 0 Å². The van der Waals surface area contributed by atoms with Crippen molar-refractivity contribution in [3.05, 3.63) is 0 Å². The molecule has 1 aliphatic heterocycles. The molecule has 1 saturated heterocycles. The predicted molar refractivity (Wildman–Crippen MR) is 34.7 cm³/mol. The smallest absolute Gasteiger partial charge is 0.137 e. The molecule has 50 valence electrons. The van der Waals surface area contributed by atoms with Crippen LogP contribution in [-0.2, 0) is 4.79 Å². The van der Waals surface area contributed by atoms with Gasteiger partial charge in [0.1, 0.15) is 6.29 Å². The molecule has 0 aliphatic carbocycles. The normalized spacial score (nSPS) is 34.2. The molecule has 0 aromatic heterocycles. The van der Waals surface area contributed by atoms with Crippen molar-refractivity contribution in [1.29, 1.82) is 5.41 Å². The van der Waals surface area contributed by atoms with Gasteiger partial charge in [-0.1, -0.05) is 0 Å². The highest BCUT2D eigenvalue weighted by molar-refractivity contribution is 5.70. The molecule has 3 nitrogen and oxygen atoms in total. The van der Waals surface area contributed by atoms with E-state index in [0.717, 1.165) is 19.3 Å². The first-order valence-corrected chi connectivity index (χ1v) is 3.07. The number of hydrogen-bond donors (Lipinski definition) is 2. The lowest BCUT2D eigenvalue weighted by molar-refractivity contribution is -0.109. The third-order valence-electron chi connectivity index (χ3n) is 1.68. The van der Waals surface area contributed by atoms with Gasteiger partial charge in [-0.05, 0) is 13.0 Å². The molecule has 2 N–H and O–H groups in total. The van der Waals surface area contributed by atoms with Gasteiger partial charge in [-0.3, -0.25) is 0 Å². The minimum absolute atomic E-state index is 0.0949. The van der Waals surface area contributed by atoms with Crippen molar-refractivity contribution in [2.45, 2.75) is 12.5 Å². The summed E-state index contributed by atoms with van der Waals surface area (Å²) in [5.74, 6) is 0.141. The van der Waals surface area contributed by atoms with Crippen LogP contribution >= 0.6 is 0 Å². The molecule has 0 aromatic rings. The Morgan fingerprint density at radius 2 is 2.44 bits per heavy atom. The second kappa shape index (κ2) is 2.73. The Morgan fingerprint density at radius 1 is 1.67 bits per heavy atom. The molecule has 1 heterocycles. The predicted octanol–water partition coefficient (Wildman–Crippen LogP) is -0.187. The first-order chi connectivity index (χ1) is 4.38. The summed E-state index contributed by atoms with van der Waals surface area (Å²) in [6.07, 6.45) is 3.15. The maximum absolute atomic E-state index is 10.2. The average molecular weight is 126 g/mol. The largest absolute Gasteiger partial charge is 0.313 e. The fourth-order valence-corrected chi connectivity index (χ4v) is 1.08. The Hall–Kier alpha value is -0.700. The lowest BCUT2D eigenvalue weighted by atomic mass is 10.0. The first-order valence-electron chi connectivity index (χ1n) is 3.07. The number of nitrogens with one attached hydrogen (secondary N) is 2. The summed E-state index contributed by atoms with van der Waals surface area (Å²) >= 11 is 0. The number of aldehydes is 1. The van der Waals surface area contributed by atoms with Gasteiger partial charge in [-0.15, -0.1) is 0 Å². The summed E-state index contributed by atoms with van der Waals surface area (Å²) in [7, 11) is 0. The Labute approximate surface area is 54.0 Å². The van der Waals surface area contributed by atoms with E-state index in [4.69, 9.17) is 5.41 Å². The molecular weight excluding hydrogens is 116 g/mol. The van der Waals surface area contributed by atoms with Crippen LogP contribution in [0.15, 0.2) is 0 Å². The standard InChI is InChI=1S/C6H10N2O/c7-3-5-1-2-8-6(5)4-9/h3-8H,1-2H2/t5?,6-/m1/s1. The zero-order chi connectivity index (χ0) is 6.69. The van der Waals surface area contributed by atoms with Crippen molar-refractivity contribution in [1.82, 2.24) is 5.32 Å². The van der Waals surface area contributed by atoms with E-state index in [1.54, 1.807) is 0 Å². The molecular formula is C6H10N2O. The summed E-state index contributed by atoms with van der Waals surface area (Å²) in [6.45, 7) is 0.865. The second-order valence-corrected chi connectivity index (χ2v) is 2.24. The maximum atomic E-state index is 10.2. The summed E-state index contributed by atoms with van der Waals surface area (Å²) in [6, 6.07) is -0.0949. The molecule has 9 heavy (non-hydrogen) atoms. The Balaban J connectivity index is 2.50. The van der Waals surface area contributed by atoms with Crippen LogP contribution in [0.3, 0.4) is 0 Å². The molecule has 0 saturated carbocycles. The van der Waals surface area contributed by atoms with Crippen LogP contribution < -0.4 is 5.32 Å². The Bertz CT molecular complexity index is 110. The minimum Gasteiger partial charge on any atom is -0.313 e. The van der Waals surface area contributed by atoms with E-state index in [1.807, 2.05) is 0 Å². The summed E-state index contributed by atoms with van der Waals surface area (Å²) in [4.78, 5) is 10.2. The van der Waals surface area contributed by atoms with E-state index in [2.05, 4.69) is 5.32 Å². The van der Waals surface area contributed by atoms with Crippen LogP contribution in [0.2, 0.25) is 0 Å². The highest BCUT2D eigenvalue weighted by Gasteiger charge is 2.23. The fourth-order valence-electron chi connectivity index (χ4n) is 1.08. The van der Waals surface area contributed by atoms with Gasteiger partial charge < -0.3 is 15.5 Å². The fraction of sp³-hybridized carbons (Fsp3) is 0.667. The number of carbonyl (C=O) groups excluding carboxylic acids is 1. The summed E-state index contributed by atoms with van der Waals surface area (Å²) in [5.41, 5.74) is 0. The quantitative estimate of drug-likeness (QED) is 0.398. The van der Waals surface area contributed by atoms with Gasteiger partial charge in [0.2, 0.25) is 0 Å². The average Bonchev–Trinajstić information content (AvgIpc) is 2.33. The lowest BCUT2D eigenvalue weighted by Crippen LogP contribution is -2.28. The van der Waals surface area contributed by atoms with E-state index in [1.165, 1.54) is 6.21 Å². The van der Waals surface area contributed by atoms with Gasteiger partial charge in [0.05, 0.1) is 6.04 Å². The van der Waals surface area contributed by atoms with Gasteiger partial charge in [-0.25, -0.2) is 0 Å². The number of hydrogen-bond acceptors (Lipinski definition) is 3.